The quantitative estimate of drug-likeness (QED) is 0.271. The number of urea groups is 1. The number of aryl methyl sites for hydroxylation is 1. The number of amides is 3. The summed E-state index contributed by atoms with van der Waals surface area (Å²) in [6, 6.07) is 21.1. The number of aromatic amines is 1. The number of hydrogen-bond donors (Lipinski definition) is 4. The molecule has 3 aromatic carbocycles. The van der Waals surface area contributed by atoms with Gasteiger partial charge in [0, 0.05) is 35.8 Å². The molecule has 0 radical (unpaired) electrons. The van der Waals surface area contributed by atoms with Gasteiger partial charge in [-0.25, -0.2) is 4.79 Å². The summed E-state index contributed by atoms with van der Waals surface area (Å²) < 4.78 is 0. The number of anilines is 2. The largest absolute Gasteiger partial charge is 0.397 e. The third-order valence-corrected chi connectivity index (χ3v) is 6.92. The number of hydrogen-bond acceptors (Lipinski definition) is 3. The van der Waals surface area contributed by atoms with E-state index in [2.05, 4.69) is 27.8 Å². The predicted octanol–water partition coefficient (Wildman–Crippen LogP) is 5.26. The Bertz CT molecular complexity index is 1410. The molecule has 5 N–H and O–H groups in total. The second-order valence-corrected chi connectivity index (χ2v) is 9.15. The number of rotatable bonds is 7. The molecule has 7 nitrogen and oxygen atoms in total. The Labute approximate surface area is 210 Å². The molecule has 3 amide bonds. The molecule has 5 rings (SSSR count). The number of carbonyl (C=O) groups is 2. The Kier molecular flexibility index (Phi) is 6.62. The number of H-pyrrole nitrogens is 1. The summed E-state index contributed by atoms with van der Waals surface area (Å²) in [5, 5.41) is 7.07. The van der Waals surface area contributed by atoms with Gasteiger partial charge in [-0.15, -0.1) is 0 Å². The molecule has 0 spiro atoms. The van der Waals surface area contributed by atoms with Gasteiger partial charge in [-0.3, -0.25) is 4.79 Å². The molecule has 0 saturated carbocycles. The zero-order valence-electron chi connectivity index (χ0n) is 20.4. The Morgan fingerprint density at radius 1 is 1.08 bits per heavy atom. The zero-order chi connectivity index (χ0) is 25.1. The maximum absolute atomic E-state index is 13.1. The first-order chi connectivity index (χ1) is 17.5. The third-order valence-electron chi connectivity index (χ3n) is 6.92. The molecule has 1 unspecified atom stereocenters. The van der Waals surface area contributed by atoms with Gasteiger partial charge in [0.05, 0.1) is 17.4 Å². The monoisotopic (exact) mass is 481 g/mol. The lowest BCUT2D eigenvalue weighted by atomic mass is 10.0. The summed E-state index contributed by atoms with van der Waals surface area (Å²) in [6.45, 7) is 3.11. The van der Waals surface area contributed by atoms with Gasteiger partial charge in [-0.05, 0) is 73.2 Å². The molecule has 1 atom stereocenters. The highest BCUT2D eigenvalue weighted by atomic mass is 16.2. The molecule has 184 valence electrons. The van der Waals surface area contributed by atoms with Gasteiger partial charge >= 0.3 is 6.03 Å². The second-order valence-electron chi connectivity index (χ2n) is 9.15. The maximum atomic E-state index is 13.1. The molecule has 4 aromatic rings. The SMILES string of the molecule is CCNC(=O)N(CCc1c[nH]c2ccccc12)C1CCc2cc(C(=O)Nc3ccccc3N)ccc21. The lowest BCUT2D eigenvalue weighted by Gasteiger charge is -2.30. The molecule has 1 aliphatic carbocycles. The first kappa shape index (κ1) is 23.5. The predicted molar refractivity (Wildman–Crippen MR) is 144 cm³/mol. The molecule has 0 aliphatic heterocycles. The van der Waals surface area contributed by atoms with Crippen LogP contribution in [0, 0.1) is 0 Å². The topological polar surface area (TPSA) is 103 Å². The van der Waals surface area contributed by atoms with E-state index in [1.807, 2.05) is 60.5 Å². The van der Waals surface area contributed by atoms with Crippen molar-refractivity contribution in [3.05, 3.63) is 95.2 Å². The number of fused-ring (bicyclic) bond motifs is 2. The van der Waals surface area contributed by atoms with E-state index in [0.717, 1.165) is 35.9 Å². The average Bonchev–Trinajstić information content (AvgIpc) is 3.50. The van der Waals surface area contributed by atoms with Gasteiger partial charge in [0.2, 0.25) is 0 Å². The van der Waals surface area contributed by atoms with Crippen molar-refractivity contribution in [3.63, 3.8) is 0 Å². The minimum atomic E-state index is -0.195. The summed E-state index contributed by atoms with van der Waals surface area (Å²) in [5.41, 5.74) is 12.2. The molecule has 7 heteroatoms. The highest BCUT2D eigenvalue weighted by molar-refractivity contribution is 6.05. The third kappa shape index (κ3) is 4.64. The van der Waals surface area contributed by atoms with Crippen LogP contribution in [0.4, 0.5) is 16.2 Å². The van der Waals surface area contributed by atoms with Crippen molar-refractivity contribution in [3.8, 4) is 0 Å². The van der Waals surface area contributed by atoms with Crippen molar-refractivity contribution in [1.82, 2.24) is 15.2 Å². The van der Waals surface area contributed by atoms with E-state index < -0.39 is 0 Å². The first-order valence-electron chi connectivity index (χ1n) is 12.4. The van der Waals surface area contributed by atoms with Gasteiger partial charge in [0.25, 0.3) is 5.91 Å². The molecular weight excluding hydrogens is 450 g/mol. The van der Waals surface area contributed by atoms with Crippen molar-refractivity contribution >= 4 is 34.2 Å². The van der Waals surface area contributed by atoms with E-state index in [1.165, 1.54) is 10.9 Å². The van der Waals surface area contributed by atoms with Crippen LogP contribution in [0.15, 0.2) is 72.9 Å². The summed E-state index contributed by atoms with van der Waals surface area (Å²) in [5.74, 6) is -0.195. The van der Waals surface area contributed by atoms with Crippen LogP contribution >= 0.6 is 0 Å². The van der Waals surface area contributed by atoms with Gasteiger partial charge in [0.1, 0.15) is 0 Å². The minimum absolute atomic E-state index is 0.0290. The molecule has 0 fully saturated rings. The first-order valence-corrected chi connectivity index (χ1v) is 12.4. The molecule has 36 heavy (non-hydrogen) atoms. The number of carbonyl (C=O) groups excluding carboxylic acids is 2. The molecule has 1 heterocycles. The molecule has 0 bridgehead atoms. The van der Waals surface area contributed by atoms with Crippen molar-refractivity contribution in [2.45, 2.75) is 32.2 Å². The number of nitrogens with one attached hydrogen (secondary N) is 3. The number of nitrogens with two attached hydrogens (primary N) is 1. The van der Waals surface area contributed by atoms with E-state index in [0.29, 0.717) is 30.0 Å². The van der Waals surface area contributed by atoms with E-state index in [1.54, 1.807) is 12.1 Å². The van der Waals surface area contributed by atoms with Crippen molar-refractivity contribution in [2.75, 3.05) is 24.1 Å². The van der Waals surface area contributed by atoms with Gasteiger partial charge in [-0.2, -0.15) is 0 Å². The van der Waals surface area contributed by atoms with Crippen LogP contribution in [0.2, 0.25) is 0 Å². The van der Waals surface area contributed by atoms with Crippen molar-refractivity contribution in [2.24, 2.45) is 0 Å². The Hall–Kier alpha value is -4.26. The molecule has 1 aliphatic rings. The standard InChI is InChI=1S/C29H31N5O2/c1-2-31-29(36)34(16-15-21-18-32-25-9-5-3-7-22(21)25)27-14-12-19-17-20(11-13-23(19)27)28(35)33-26-10-6-4-8-24(26)30/h3-11,13,17-18,27,32H,2,12,14-16,30H2,1H3,(H,31,36)(H,33,35). The second kappa shape index (κ2) is 10.2. The average molecular weight is 482 g/mol. The normalized spacial score (nSPS) is 14.4. The highest BCUT2D eigenvalue weighted by Gasteiger charge is 2.31. The van der Waals surface area contributed by atoms with E-state index in [4.69, 9.17) is 5.73 Å². The van der Waals surface area contributed by atoms with E-state index >= 15 is 0 Å². The number of aromatic nitrogens is 1. The van der Waals surface area contributed by atoms with Gasteiger partial charge in [-0.1, -0.05) is 36.4 Å². The Balaban J connectivity index is 1.35. The lowest BCUT2D eigenvalue weighted by molar-refractivity contribution is 0.102. The Morgan fingerprint density at radius 3 is 2.72 bits per heavy atom. The van der Waals surface area contributed by atoms with Crippen LogP contribution in [0.25, 0.3) is 10.9 Å². The number of nitrogens with zero attached hydrogens (tertiary/aromatic N) is 1. The molecule has 1 aromatic heterocycles. The summed E-state index contributed by atoms with van der Waals surface area (Å²) in [4.78, 5) is 31.2. The van der Waals surface area contributed by atoms with Crippen LogP contribution in [-0.4, -0.2) is 34.9 Å². The smallest absolute Gasteiger partial charge is 0.317 e. The Morgan fingerprint density at radius 2 is 1.89 bits per heavy atom. The number of nitrogen functional groups attached to an aromatic ring is 1. The number of benzene rings is 3. The van der Waals surface area contributed by atoms with Crippen LogP contribution in [0.3, 0.4) is 0 Å². The highest BCUT2D eigenvalue weighted by Crippen LogP contribution is 2.37. The van der Waals surface area contributed by atoms with Gasteiger partial charge in [0.15, 0.2) is 0 Å². The fourth-order valence-electron chi connectivity index (χ4n) is 5.10. The van der Waals surface area contributed by atoms with E-state index in [9.17, 15) is 9.59 Å². The van der Waals surface area contributed by atoms with Crippen molar-refractivity contribution < 1.29 is 9.59 Å². The fourth-order valence-corrected chi connectivity index (χ4v) is 5.10. The van der Waals surface area contributed by atoms with Gasteiger partial charge < -0.3 is 26.3 Å². The summed E-state index contributed by atoms with van der Waals surface area (Å²) in [7, 11) is 0. The van der Waals surface area contributed by atoms with Crippen LogP contribution in [0.5, 0.6) is 0 Å². The summed E-state index contributed by atoms with van der Waals surface area (Å²) >= 11 is 0. The molecular formula is C29H31N5O2. The van der Waals surface area contributed by atoms with Crippen LogP contribution < -0.4 is 16.4 Å². The van der Waals surface area contributed by atoms with Crippen LogP contribution in [0.1, 0.15) is 46.4 Å². The van der Waals surface area contributed by atoms with Crippen LogP contribution in [-0.2, 0) is 12.8 Å². The summed E-state index contributed by atoms with van der Waals surface area (Å²) in [6.07, 6.45) is 4.44. The molecule has 0 saturated heterocycles. The van der Waals surface area contributed by atoms with E-state index in [-0.39, 0.29) is 18.0 Å². The maximum Gasteiger partial charge on any atom is 0.317 e. The zero-order valence-corrected chi connectivity index (χ0v) is 20.4. The number of para-hydroxylation sites is 3. The minimum Gasteiger partial charge on any atom is -0.397 e. The van der Waals surface area contributed by atoms with Crippen molar-refractivity contribution in [1.29, 1.82) is 0 Å². The fraction of sp³-hybridized carbons (Fsp3) is 0.241. The lowest BCUT2D eigenvalue weighted by Crippen LogP contribution is -2.42.